The van der Waals surface area contributed by atoms with Crippen molar-refractivity contribution in [3.63, 3.8) is 0 Å². The molecule has 0 atom stereocenters. The summed E-state index contributed by atoms with van der Waals surface area (Å²) in [4.78, 5) is 9.97. The van der Waals surface area contributed by atoms with Crippen LogP contribution in [-0.4, -0.2) is 12.0 Å². The minimum Gasteiger partial charge on any atom is -0.381 e. The third-order valence-electron chi connectivity index (χ3n) is 3.04. The number of hydrogen-bond acceptors (Lipinski definition) is 4. The van der Waals surface area contributed by atoms with Gasteiger partial charge in [0.25, 0.3) is 0 Å². The SMILES string of the molecule is COCc1ccccc1CNc1ccc(F)c([N+](=O)[O-])c1. The van der Waals surface area contributed by atoms with Gasteiger partial charge < -0.3 is 10.1 Å². The molecular weight excluding hydrogens is 275 g/mol. The summed E-state index contributed by atoms with van der Waals surface area (Å²) in [5.74, 6) is -0.842. The van der Waals surface area contributed by atoms with Gasteiger partial charge in [-0.05, 0) is 23.3 Å². The first-order valence-electron chi connectivity index (χ1n) is 6.35. The molecular formula is C15H15FN2O3. The second kappa shape index (κ2) is 6.81. The molecule has 0 aliphatic carbocycles. The molecule has 110 valence electrons. The van der Waals surface area contributed by atoms with Crippen LogP contribution in [0.2, 0.25) is 0 Å². The highest BCUT2D eigenvalue weighted by Gasteiger charge is 2.14. The molecule has 0 bridgehead atoms. The maximum atomic E-state index is 13.3. The van der Waals surface area contributed by atoms with E-state index in [1.54, 1.807) is 7.11 Å². The Morgan fingerprint density at radius 3 is 2.62 bits per heavy atom. The lowest BCUT2D eigenvalue weighted by molar-refractivity contribution is -0.387. The normalized spacial score (nSPS) is 10.4. The van der Waals surface area contributed by atoms with Gasteiger partial charge in [0.1, 0.15) is 0 Å². The van der Waals surface area contributed by atoms with E-state index in [2.05, 4.69) is 5.32 Å². The van der Waals surface area contributed by atoms with Crippen LogP contribution in [0, 0.1) is 15.9 Å². The summed E-state index contributed by atoms with van der Waals surface area (Å²) in [6, 6.07) is 11.5. The highest BCUT2D eigenvalue weighted by molar-refractivity contribution is 5.52. The van der Waals surface area contributed by atoms with E-state index in [0.29, 0.717) is 18.8 Å². The molecule has 0 fully saturated rings. The Morgan fingerprint density at radius 2 is 1.95 bits per heavy atom. The zero-order valence-corrected chi connectivity index (χ0v) is 11.5. The lowest BCUT2D eigenvalue weighted by Gasteiger charge is -2.11. The molecule has 0 saturated heterocycles. The first kappa shape index (κ1) is 14.9. The summed E-state index contributed by atoms with van der Waals surface area (Å²) in [5.41, 5.74) is 2.01. The van der Waals surface area contributed by atoms with Gasteiger partial charge in [0.15, 0.2) is 0 Å². The Balaban J connectivity index is 2.13. The molecule has 0 amide bonds. The number of benzene rings is 2. The highest BCUT2D eigenvalue weighted by atomic mass is 19.1. The molecule has 0 unspecified atom stereocenters. The third-order valence-corrected chi connectivity index (χ3v) is 3.04. The van der Waals surface area contributed by atoms with Gasteiger partial charge in [0.05, 0.1) is 11.5 Å². The summed E-state index contributed by atoms with van der Waals surface area (Å²) in [6.45, 7) is 0.962. The van der Waals surface area contributed by atoms with Crippen molar-refractivity contribution in [1.29, 1.82) is 0 Å². The number of halogens is 1. The van der Waals surface area contributed by atoms with Crippen LogP contribution >= 0.6 is 0 Å². The van der Waals surface area contributed by atoms with E-state index in [4.69, 9.17) is 4.74 Å². The van der Waals surface area contributed by atoms with Gasteiger partial charge in [0.2, 0.25) is 5.82 Å². The molecule has 0 heterocycles. The van der Waals surface area contributed by atoms with Crippen LogP contribution < -0.4 is 5.32 Å². The summed E-state index contributed by atoms with van der Waals surface area (Å²) >= 11 is 0. The van der Waals surface area contributed by atoms with Gasteiger partial charge >= 0.3 is 5.69 Å². The largest absolute Gasteiger partial charge is 0.381 e. The minimum atomic E-state index is -0.842. The average Bonchev–Trinajstić information content (AvgIpc) is 2.47. The highest BCUT2D eigenvalue weighted by Crippen LogP contribution is 2.22. The van der Waals surface area contributed by atoms with E-state index >= 15 is 0 Å². The van der Waals surface area contributed by atoms with Gasteiger partial charge in [-0.25, -0.2) is 0 Å². The second-order valence-corrected chi connectivity index (χ2v) is 4.48. The van der Waals surface area contributed by atoms with Crippen molar-refractivity contribution < 1.29 is 14.1 Å². The molecule has 0 saturated carbocycles. The zero-order valence-electron chi connectivity index (χ0n) is 11.5. The van der Waals surface area contributed by atoms with Crippen molar-refractivity contribution in [3.05, 3.63) is 69.5 Å². The van der Waals surface area contributed by atoms with Gasteiger partial charge in [-0.15, -0.1) is 0 Å². The molecule has 2 aromatic rings. The predicted octanol–water partition coefficient (Wildman–Crippen LogP) is 3.49. The molecule has 0 aliphatic heterocycles. The maximum Gasteiger partial charge on any atom is 0.306 e. The molecule has 0 aliphatic rings. The minimum absolute atomic E-state index is 0.475. The Morgan fingerprint density at radius 1 is 1.24 bits per heavy atom. The van der Waals surface area contributed by atoms with Crippen LogP contribution in [0.4, 0.5) is 15.8 Å². The number of rotatable bonds is 6. The molecule has 1 N–H and O–H groups in total. The Kier molecular flexibility index (Phi) is 4.84. The van der Waals surface area contributed by atoms with Crippen LogP contribution in [0.25, 0.3) is 0 Å². The predicted molar refractivity (Wildman–Crippen MR) is 77.5 cm³/mol. The summed E-state index contributed by atoms with van der Waals surface area (Å²) < 4.78 is 18.4. The number of ether oxygens (including phenoxy) is 1. The van der Waals surface area contributed by atoms with Gasteiger partial charge in [-0.3, -0.25) is 10.1 Å². The zero-order chi connectivity index (χ0) is 15.2. The molecule has 2 aromatic carbocycles. The molecule has 2 rings (SSSR count). The molecule has 5 nitrogen and oxygen atoms in total. The number of nitrogens with zero attached hydrogens (tertiary/aromatic N) is 1. The number of nitro benzene ring substituents is 1. The van der Waals surface area contributed by atoms with E-state index in [1.165, 1.54) is 12.1 Å². The first-order chi connectivity index (χ1) is 10.1. The van der Waals surface area contributed by atoms with Crippen molar-refractivity contribution in [3.8, 4) is 0 Å². The molecule has 0 radical (unpaired) electrons. The second-order valence-electron chi connectivity index (χ2n) is 4.48. The number of nitrogens with one attached hydrogen (secondary N) is 1. The standard InChI is InChI=1S/C15H15FN2O3/c1-21-10-12-5-3-2-4-11(12)9-17-13-6-7-14(16)15(8-13)18(19)20/h2-8,17H,9-10H2,1H3. The fourth-order valence-electron chi connectivity index (χ4n) is 1.99. The monoisotopic (exact) mass is 290 g/mol. The van der Waals surface area contributed by atoms with Crippen molar-refractivity contribution in [2.75, 3.05) is 12.4 Å². The van der Waals surface area contributed by atoms with Crippen molar-refractivity contribution in [2.45, 2.75) is 13.2 Å². The fraction of sp³-hybridized carbons (Fsp3) is 0.200. The van der Waals surface area contributed by atoms with Crippen LogP contribution in [0.3, 0.4) is 0 Å². The van der Waals surface area contributed by atoms with Crippen molar-refractivity contribution in [2.24, 2.45) is 0 Å². The van der Waals surface area contributed by atoms with Crippen molar-refractivity contribution in [1.82, 2.24) is 0 Å². The van der Waals surface area contributed by atoms with E-state index in [-0.39, 0.29) is 0 Å². The van der Waals surface area contributed by atoms with Crippen LogP contribution in [0.1, 0.15) is 11.1 Å². The van der Waals surface area contributed by atoms with E-state index < -0.39 is 16.4 Å². The van der Waals surface area contributed by atoms with E-state index in [1.807, 2.05) is 24.3 Å². The Bertz CT molecular complexity index is 647. The molecule has 21 heavy (non-hydrogen) atoms. The Hall–Kier alpha value is -2.47. The topological polar surface area (TPSA) is 64.4 Å². The first-order valence-corrected chi connectivity index (χ1v) is 6.35. The van der Waals surface area contributed by atoms with Gasteiger partial charge in [0, 0.05) is 25.4 Å². The fourth-order valence-corrected chi connectivity index (χ4v) is 1.99. The lowest BCUT2D eigenvalue weighted by atomic mass is 10.1. The molecule has 0 aromatic heterocycles. The summed E-state index contributed by atoms with van der Waals surface area (Å²) in [7, 11) is 1.62. The van der Waals surface area contributed by atoms with Crippen LogP contribution in [0.15, 0.2) is 42.5 Å². The number of hydrogen-bond donors (Lipinski definition) is 1. The lowest BCUT2D eigenvalue weighted by Crippen LogP contribution is -2.04. The van der Waals surface area contributed by atoms with E-state index in [9.17, 15) is 14.5 Å². The van der Waals surface area contributed by atoms with Crippen LogP contribution in [0.5, 0.6) is 0 Å². The van der Waals surface area contributed by atoms with E-state index in [0.717, 1.165) is 17.2 Å². The number of methoxy groups -OCH3 is 1. The van der Waals surface area contributed by atoms with Gasteiger partial charge in [-0.1, -0.05) is 24.3 Å². The summed E-state index contributed by atoms with van der Waals surface area (Å²) in [5, 5.41) is 13.8. The average molecular weight is 290 g/mol. The van der Waals surface area contributed by atoms with Crippen LogP contribution in [-0.2, 0) is 17.9 Å². The summed E-state index contributed by atoms with van der Waals surface area (Å²) in [6.07, 6.45) is 0. The molecule has 0 spiro atoms. The number of anilines is 1. The quantitative estimate of drug-likeness (QED) is 0.653. The third kappa shape index (κ3) is 3.76. The number of nitro groups is 1. The van der Waals surface area contributed by atoms with Gasteiger partial charge in [-0.2, -0.15) is 4.39 Å². The van der Waals surface area contributed by atoms with Crippen molar-refractivity contribution >= 4 is 11.4 Å². The maximum absolute atomic E-state index is 13.3. The molecule has 6 heteroatoms. The smallest absolute Gasteiger partial charge is 0.306 e. The Labute approximate surface area is 121 Å².